The fourth-order valence-electron chi connectivity index (χ4n) is 4.82. The van der Waals surface area contributed by atoms with Gasteiger partial charge in [-0.15, -0.1) is 0 Å². The number of hydrogen-bond acceptors (Lipinski definition) is 6. The van der Waals surface area contributed by atoms with Gasteiger partial charge in [-0.3, -0.25) is 4.79 Å². The smallest absolute Gasteiger partial charge is 0.193 e. The summed E-state index contributed by atoms with van der Waals surface area (Å²) in [7, 11) is -6.71. The minimum Gasteiger partial charge on any atom is -0.408 e. The zero-order valence-electron chi connectivity index (χ0n) is 29.6. The van der Waals surface area contributed by atoms with Crippen molar-refractivity contribution in [1.29, 1.82) is 0 Å². The summed E-state index contributed by atoms with van der Waals surface area (Å²) >= 11 is 2.29. The molecule has 0 spiro atoms. The molecule has 2 aliphatic rings. The second-order valence-corrected chi connectivity index (χ2v) is 32.2. The monoisotopic (exact) mass is 754 g/mol. The number of Topliss-reactive ketones (excluding diaryl/α,β-unsaturated/α-hetero) is 1. The Bertz CT molecular complexity index is 947. The quantitative estimate of drug-likeness (QED) is 0.164. The molecule has 0 aromatic rings. The van der Waals surface area contributed by atoms with Crippen LogP contribution in [0.4, 0.5) is 0 Å². The molecule has 2 rings (SSSR count). The van der Waals surface area contributed by atoms with E-state index in [0.29, 0.717) is 6.42 Å². The van der Waals surface area contributed by atoms with E-state index in [1.54, 1.807) is 6.92 Å². The van der Waals surface area contributed by atoms with Crippen LogP contribution in [0.25, 0.3) is 0 Å². The van der Waals surface area contributed by atoms with Gasteiger partial charge >= 0.3 is 0 Å². The highest BCUT2D eigenvalue weighted by Crippen LogP contribution is 2.47. The molecule has 0 aliphatic carbocycles. The number of ether oxygens (including phenoxy) is 2. The van der Waals surface area contributed by atoms with Gasteiger partial charge in [0.15, 0.2) is 25.0 Å². The molecular formula is C32H63IO6Si3. The molecule has 0 radical (unpaired) electrons. The van der Waals surface area contributed by atoms with E-state index in [2.05, 4.69) is 134 Å². The molecular weight excluding hydrogens is 692 g/mol. The van der Waals surface area contributed by atoms with Gasteiger partial charge in [0, 0.05) is 6.42 Å². The van der Waals surface area contributed by atoms with Crippen LogP contribution in [0.2, 0.25) is 54.4 Å². The molecule has 0 N–H and O–H groups in total. The second-order valence-electron chi connectivity index (χ2n) is 17.2. The van der Waals surface area contributed by atoms with Gasteiger partial charge < -0.3 is 22.8 Å². The lowest BCUT2D eigenvalue weighted by atomic mass is 9.87. The first-order valence-electron chi connectivity index (χ1n) is 15.8. The van der Waals surface area contributed by atoms with Crippen molar-refractivity contribution in [3.05, 3.63) is 10.2 Å². The van der Waals surface area contributed by atoms with Crippen molar-refractivity contribution in [3.8, 4) is 0 Å². The molecule has 10 heteroatoms. The number of fused-ring (bicyclic) bond motifs is 1. The predicted octanol–water partition coefficient (Wildman–Crippen LogP) is 9.40. The van der Waals surface area contributed by atoms with Crippen LogP contribution in [0.15, 0.2) is 10.2 Å². The zero-order valence-corrected chi connectivity index (χ0v) is 34.8. The molecule has 246 valence electrons. The van der Waals surface area contributed by atoms with Crippen molar-refractivity contribution in [3.63, 3.8) is 0 Å². The van der Waals surface area contributed by atoms with Crippen molar-refractivity contribution in [2.24, 2.45) is 0 Å². The lowest BCUT2D eigenvalue weighted by molar-refractivity contribution is -0.266. The largest absolute Gasteiger partial charge is 0.408 e. The molecule has 42 heavy (non-hydrogen) atoms. The molecule has 0 saturated carbocycles. The standard InChI is InChI=1S/C32H63IO6Si3/c1-22(34)21-23-17-18-24-26(35-23)28(38-41(13,14)31(5,6)7)29(39-42(15,16)32(8,9)10)27(36-24)25(19-20-33)37-40(11,12)30(2,3)4/h19-20,23-29H,17-18,21H2,1-16H3/b20-19+/t23-,24+,25+,26+,27+,28+,29-/m1/s1. The molecule has 2 fully saturated rings. The normalized spacial score (nSPS) is 29.5. The van der Waals surface area contributed by atoms with Crippen LogP contribution in [0, 0.1) is 0 Å². The minimum atomic E-state index is -2.29. The Balaban J connectivity index is 2.74. The molecule has 7 atom stereocenters. The third-order valence-electron chi connectivity index (χ3n) is 10.6. The fourth-order valence-corrected chi connectivity index (χ4v) is 9.08. The first-order valence-corrected chi connectivity index (χ1v) is 25.8. The van der Waals surface area contributed by atoms with Gasteiger partial charge in [-0.1, -0.05) is 84.9 Å². The van der Waals surface area contributed by atoms with Gasteiger partial charge in [0.25, 0.3) is 0 Å². The van der Waals surface area contributed by atoms with E-state index in [0.717, 1.165) is 12.8 Å². The van der Waals surface area contributed by atoms with Gasteiger partial charge in [-0.2, -0.15) is 0 Å². The molecule has 0 bridgehead atoms. The van der Waals surface area contributed by atoms with E-state index in [1.807, 2.05) is 0 Å². The lowest BCUT2D eigenvalue weighted by Gasteiger charge is -2.56. The van der Waals surface area contributed by atoms with E-state index < -0.39 is 25.0 Å². The van der Waals surface area contributed by atoms with Gasteiger partial charge in [-0.25, -0.2) is 0 Å². The van der Waals surface area contributed by atoms with E-state index in [1.165, 1.54) is 0 Å². The van der Waals surface area contributed by atoms with Crippen LogP contribution in [0.3, 0.4) is 0 Å². The summed E-state index contributed by atoms with van der Waals surface area (Å²) in [5, 5.41) is 0.0437. The second kappa shape index (κ2) is 13.8. The topological polar surface area (TPSA) is 63.2 Å². The van der Waals surface area contributed by atoms with E-state index in [9.17, 15) is 4.79 Å². The lowest BCUT2D eigenvalue weighted by Crippen LogP contribution is -2.69. The Kier molecular flexibility index (Phi) is 12.7. The summed E-state index contributed by atoms with van der Waals surface area (Å²) in [6.07, 6.45) is 2.28. The van der Waals surface area contributed by atoms with Crippen molar-refractivity contribution in [2.45, 2.75) is 186 Å². The number of ketones is 1. The third-order valence-corrected chi connectivity index (χ3v) is 24.4. The highest BCUT2D eigenvalue weighted by atomic mass is 127. The van der Waals surface area contributed by atoms with Crippen LogP contribution < -0.4 is 0 Å². The zero-order chi connectivity index (χ0) is 32.7. The highest BCUT2D eigenvalue weighted by molar-refractivity contribution is 14.1. The number of hydrogen-bond donors (Lipinski definition) is 0. The molecule has 2 heterocycles. The van der Waals surface area contributed by atoms with Crippen LogP contribution in [-0.2, 0) is 27.5 Å². The Morgan fingerprint density at radius 2 is 1.29 bits per heavy atom. The number of carbonyl (C=O) groups is 1. The molecule has 0 aromatic heterocycles. The average molecular weight is 755 g/mol. The summed E-state index contributed by atoms with van der Waals surface area (Å²) in [4.78, 5) is 12.1. The Labute approximate surface area is 275 Å². The van der Waals surface area contributed by atoms with Crippen LogP contribution in [0.5, 0.6) is 0 Å². The third kappa shape index (κ3) is 9.33. The summed E-state index contributed by atoms with van der Waals surface area (Å²) in [5.74, 6) is 0.152. The van der Waals surface area contributed by atoms with Crippen molar-refractivity contribution >= 4 is 53.3 Å². The number of halogens is 1. The van der Waals surface area contributed by atoms with Crippen molar-refractivity contribution in [1.82, 2.24) is 0 Å². The SMILES string of the molecule is CC(=O)C[C@H]1CC[C@@H]2O[C@@H]([C@H](/C=C/I)O[Si](C)(C)C(C)(C)C)[C@@H](O[Si](C)(C)C(C)(C)C)[C@@H](O[Si](C)(C)C(C)(C)C)[C@H]2O1. The predicted molar refractivity (Wildman–Crippen MR) is 191 cm³/mol. The van der Waals surface area contributed by atoms with Gasteiger partial charge in [0.05, 0.1) is 18.3 Å². The first kappa shape index (κ1) is 38.8. The van der Waals surface area contributed by atoms with E-state index >= 15 is 0 Å². The Morgan fingerprint density at radius 3 is 1.71 bits per heavy atom. The van der Waals surface area contributed by atoms with Crippen molar-refractivity contribution in [2.75, 3.05) is 0 Å². The van der Waals surface area contributed by atoms with E-state index in [4.69, 9.17) is 22.8 Å². The molecule has 6 nitrogen and oxygen atoms in total. The van der Waals surface area contributed by atoms with E-state index in [-0.39, 0.29) is 63.6 Å². The summed E-state index contributed by atoms with van der Waals surface area (Å²) < 4.78 is 37.8. The molecule has 2 saturated heterocycles. The van der Waals surface area contributed by atoms with Crippen molar-refractivity contribution < 1.29 is 27.5 Å². The summed E-state index contributed by atoms with van der Waals surface area (Å²) in [5.41, 5.74) is 0. The van der Waals surface area contributed by atoms with Crippen LogP contribution in [0.1, 0.15) is 88.5 Å². The van der Waals surface area contributed by atoms with Gasteiger partial charge in [0.1, 0.15) is 30.2 Å². The number of carbonyl (C=O) groups excluding carboxylic acids is 1. The highest BCUT2D eigenvalue weighted by Gasteiger charge is 2.57. The molecule has 2 aliphatic heterocycles. The number of rotatable bonds is 10. The molecule has 0 amide bonds. The maximum atomic E-state index is 12.1. The summed E-state index contributed by atoms with van der Waals surface area (Å²) in [6.45, 7) is 36.0. The Hall–Kier alpha value is 0.591. The summed E-state index contributed by atoms with van der Waals surface area (Å²) in [6, 6.07) is 0. The van der Waals surface area contributed by atoms with Crippen LogP contribution >= 0.6 is 22.6 Å². The molecule has 0 unspecified atom stereocenters. The van der Waals surface area contributed by atoms with Crippen LogP contribution in [-0.4, -0.2) is 73.5 Å². The van der Waals surface area contributed by atoms with Gasteiger partial charge in [-0.05, 0) is 84.3 Å². The Morgan fingerprint density at radius 1 is 0.810 bits per heavy atom. The maximum absolute atomic E-state index is 12.1. The average Bonchev–Trinajstić information content (AvgIpc) is 2.77. The molecule has 0 aromatic carbocycles. The van der Waals surface area contributed by atoms with Gasteiger partial charge in [0.2, 0.25) is 0 Å². The maximum Gasteiger partial charge on any atom is 0.193 e. The first-order chi connectivity index (χ1) is 18.7. The fraction of sp³-hybridized carbons (Fsp3) is 0.906. The minimum absolute atomic E-state index is 0.00439.